The predicted molar refractivity (Wildman–Crippen MR) is 120 cm³/mol. The lowest BCUT2D eigenvalue weighted by atomic mass is 9.89. The highest BCUT2D eigenvalue weighted by atomic mass is 35.5. The number of nitrogens with two attached hydrogens (primary N) is 1. The smallest absolute Gasteiger partial charge is 0.424 e. The Hall–Kier alpha value is -3.03. The van der Waals surface area contributed by atoms with Crippen LogP contribution < -0.4 is 15.8 Å². The van der Waals surface area contributed by atoms with Gasteiger partial charge < -0.3 is 25.3 Å². The highest BCUT2D eigenvalue weighted by Gasteiger charge is 2.59. The minimum atomic E-state index is -4.80. The van der Waals surface area contributed by atoms with Gasteiger partial charge in [-0.05, 0) is 32.0 Å². The fraction of sp³-hybridized carbons (Fsp3) is 0.429. The number of aliphatic imine (C=N–C) groups is 1. The van der Waals surface area contributed by atoms with Crippen LogP contribution in [0.3, 0.4) is 0 Å². The van der Waals surface area contributed by atoms with Crippen molar-refractivity contribution in [2.75, 3.05) is 32.2 Å². The average Bonchev–Trinajstić information content (AvgIpc) is 2.77. The van der Waals surface area contributed by atoms with Crippen molar-refractivity contribution in [1.29, 1.82) is 0 Å². The van der Waals surface area contributed by atoms with Gasteiger partial charge in [0.05, 0.1) is 25.6 Å². The number of alkyl halides is 3. The van der Waals surface area contributed by atoms with Crippen molar-refractivity contribution >= 4 is 29.8 Å². The molecule has 0 spiro atoms. The van der Waals surface area contributed by atoms with Crippen molar-refractivity contribution in [3.05, 3.63) is 47.7 Å². The van der Waals surface area contributed by atoms with Crippen molar-refractivity contribution < 1.29 is 36.6 Å². The standard InChI is InChI=1S/C21H23F4N5O4.ClH/c1-19(11-34-20(2,18(26)30-19)21(23,24)25)13-8-12(4-5-14(13)22)29-17(31)15-9-28-16(10-27-15)33-7-6-32-3;/h4-5,8-10H,6-7,11H2,1-3H3,(H2,26,30)(H,29,31);1H/t19-,20+;/m0./s1. The topological polar surface area (TPSA) is 121 Å². The maximum absolute atomic E-state index is 14.6. The molecule has 1 aliphatic rings. The second-order valence-electron chi connectivity index (χ2n) is 7.82. The van der Waals surface area contributed by atoms with E-state index in [0.29, 0.717) is 6.61 Å². The lowest BCUT2D eigenvalue weighted by Crippen LogP contribution is -2.60. The SMILES string of the molecule is COCCOc1cnc(C(=O)Nc2ccc(F)c([C@]3(C)CO[C@@](C)(C(F)(F)F)C(N)=N3)c2)cn1.Cl. The molecule has 1 aliphatic heterocycles. The maximum Gasteiger partial charge on any atom is 0.424 e. The molecule has 1 aromatic heterocycles. The van der Waals surface area contributed by atoms with Crippen LogP contribution in [0.2, 0.25) is 0 Å². The lowest BCUT2D eigenvalue weighted by Gasteiger charge is -2.41. The third-order valence-electron chi connectivity index (χ3n) is 5.24. The van der Waals surface area contributed by atoms with Gasteiger partial charge >= 0.3 is 6.18 Å². The Balaban J connectivity index is 0.00000432. The number of rotatable bonds is 7. The number of amidine groups is 1. The third-order valence-corrected chi connectivity index (χ3v) is 5.24. The number of hydrogen-bond donors (Lipinski definition) is 2. The second-order valence-corrected chi connectivity index (χ2v) is 7.82. The zero-order valence-corrected chi connectivity index (χ0v) is 19.8. The normalized spacial score (nSPS) is 22.1. The summed E-state index contributed by atoms with van der Waals surface area (Å²) in [7, 11) is 1.52. The molecule has 0 bridgehead atoms. The Bertz CT molecular complexity index is 1090. The highest BCUT2D eigenvalue weighted by molar-refractivity contribution is 6.02. The van der Waals surface area contributed by atoms with Crippen molar-refractivity contribution in [3.63, 3.8) is 0 Å². The van der Waals surface area contributed by atoms with E-state index in [2.05, 4.69) is 20.3 Å². The molecular formula is C21H24ClF4N5O4. The summed E-state index contributed by atoms with van der Waals surface area (Å²) in [6, 6.07) is 3.59. The summed E-state index contributed by atoms with van der Waals surface area (Å²) in [5, 5.41) is 2.54. The van der Waals surface area contributed by atoms with Crippen molar-refractivity contribution in [1.82, 2.24) is 9.97 Å². The zero-order chi connectivity index (χ0) is 25.1. The van der Waals surface area contributed by atoms with Crippen LogP contribution in [0.5, 0.6) is 5.88 Å². The first-order chi connectivity index (χ1) is 15.9. The molecule has 35 heavy (non-hydrogen) atoms. The molecule has 0 radical (unpaired) electrons. The molecule has 1 aromatic carbocycles. The molecule has 3 rings (SSSR count). The maximum atomic E-state index is 14.6. The van der Waals surface area contributed by atoms with Crippen LogP contribution in [0.4, 0.5) is 23.2 Å². The number of halogens is 5. The molecule has 0 fully saturated rings. The molecule has 0 saturated carbocycles. The Morgan fingerprint density at radius 2 is 1.94 bits per heavy atom. The molecule has 14 heteroatoms. The minimum absolute atomic E-state index is 0. The monoisotopic (exact) mass is 521 g/mol. The first-order valence-electron chi connectivity index (χ1n) is 10.0. The van der Waals surface area contributed by atoms with Gasteiger partial charge in [0.1, 0.15) is 29.5 Å². The Morgan fingerprint density at radius 1 is 1.23 bits per heavy atom. The van der Waals surface area contributed by atoms with Crippen LogP contribution in [0.1, 0.15) is 29.9 Å². The van der Waals surface area contributed by atoms with Crippen LogP contribution in [0, 0.1) is 5.82 Å². The summed E-state index contributed by atoms with van der Waals surface area (Å²) in [5.74, 6) is -2.03. The molecule has 9 nitrogen and oxygen atoms in total. The lowest BCUT2D eigenvalue weighted by molar-refractivity contribution is -0.249. The first kappa shape index (κ1) is 28.2. The molecule has 0 unspecified atom stereocenters. The third kappa shape index (κ3) is 5.97. The molecule has 2 heterocycles. The minimum Gasteiger partial charge on any atom is -0.474 e. The van der Waals surface area contributed by atoms with Crippen LogP contribution in [0.15, 0.2) is 35.6 Å². The number of methoxy groups -OCH3 is 1. The van der Waals surface area contributed by atoms with Gasteiger partial charge in [-0.15, -0.1) is 12.4 Å². The van der Waals surface area contributed by atoms with Gasteiger partial charge in [-0.2, -0.15) is 13.2 Å². The zero-order valence-electron chi connectivity index (χ0n) is 19.0. The van der Waals surface area contributed by atoms with E-state index in [0.717, 1.165) is 13.0 Å². The molecule has 0 aliphatic carbocycles. The first-order valence-corrected chi connectivity index (χ1v) is 10.0. The van der Waals surface area contributed by atoms with E-state index in [4.69, 9.17) is 19.9 Å². The summed E-state index contributed by atoms with van der Waals surface area (Å²) < 4.78 is 69.8. The van der Waals surface area contributed by atoms with E-state index < -0.39 is 41.5 Å². The number of anilines is 1. The molecule has 192 valence electrons. The van der Waals surface area contributed by atoms with Gasteiger partial charge in [-0.1, -0.05) is 0 Å². The van der Waals surface area contributed by atoms with Crippen LogP contribution in [-0.2, 0) is 15.0 Å². The number of ether oxygens (including phenoxy) is 3. The number of nitrogens with zero attached hydrogens (tertiary/aromatic N) is 3. The number of carbonyl (C=O) groups is 1. The number of amides is 1. The van der Waals surface area contributed by atoms with Gasteiger partial charge in [0.15, 0.2) is 0 Å². The summed E-state index contributed by atoms with van der Waals surface area (Å²) in [6.45, 7) is 2.16. The summed E-state index contributed by atoms with van der Waals surface area (Å²) in [4.78, 5) is 24.4. The Kier molecular flexibility index (Phi) is 8.63. The van der Waals surface area contributed by atoms with Crippen LogP contribution in [0.25, 0.3) is 0 Å². The number of carbonyl (C=O) groups excluding carboxylic acids is 1. The summed E-state index contributed by atoms with van der Waals surface area (Å²) in [6.07, 6.45) is -2.35. The summed E-state index contributed by atoms with van der Waals surface area (Å²) >= 11 is 0. The summed E-state index contributed by atoms with van der Waals surface area (Å²) in [5.41, 5.74) is 1.26. The Morgan fingerprint density at radius 3 is 2.51 bits per heavy atom. The molecule has 0 saturated heterocycles. The Labute approximate surface area is 204 Å². The number of hydrogen-bond acceptors (Lipinski definition) is 8. The molecule has 2 aromatic rings. The van der Waals surface area contributed by atoms with Crippen LogP contribution in [-0.4, -0.2) is 60.4 Å². The molecule has 2 atom stereocenters. The van der Waals surface area contributed by atoms with Gasteiger partial charge in [-0.25, -0.2) is 14.4 Å². The van der Waals surface area contributed by atoms with Crippen molar-refractivity contribution in [2.24, 2.45) is 10.7 Å². The van der Waals surface area contributed by atoms with E-state index >= 15 is 0 Å². The van der Waals surface area contributed by atoms with Gasteiger partial charge in [0.2, 0.25) is 11.5 Å². The number of benzene rings is 1. The average molecular weight is 522 g/mol. The molecular weight excluding hydrogens is 498 g/mol. The fourth-order valence-electron chi connectivity index (χ4n) is 3.08. The molecule has 1 amide bonds. The second kappa shape index (κ2) is 10.7. The van der Waals surface area contributed by atoms with Crippen molar-refractivity contribution in [2.45, 2.75) is 31.2 Å². The van der Waals surface area contributed by atoms with E-state index in [1.165, 1.54) is 38.6 Å². The number of aromatic nitrogens is 2. The van der Waals surface area contributed by atoms with E-state index in [-0.39, 0.29) is 41.8 Å². The molecule has 3 N–H and O–H groups in total. The van der Waals surface area contributed by atoms with E-state index in [9.17, 15) is 22.4 Å². The highest BCUT2D eigenvalue weighted by Crippen LogP contribution is 2.41. The fourth-order valence-corrected chi connectivity index (χ4v) is 3.08. The van der Waals surface area contributed by atoms with Gasteiger partial charge in [-0.3, -0.25) is 9.79 Å². The quantitative estimate of drug-likeness (QED) is 0.424. The van der Waals surface area contributed by atoms with Gasteiger partial charge in [0.25, 0.3) is 5.91 Å². The van der Waals surface area contributed by atoms with Crippen molar-refractivity contribution in [3.8, 4) is 5.88 Å². The predicted octanol–water partition coefficient (Wildman–Crippen LogP) is 3.24. The van der Waals surface area contributed by atoms with E-state index in [1.54, 1.807) is 0 Å². The number of nitrogens with one attached hydrogen (secondary N) is 1. The van der Waals surface area contributed by atoms with Gasteiger partial charge in [0, 0.05) is 18.4 Å². The largest absolute Gasteiger partial charge is 0.474 e. The van der Waals surface area contributed by atoms with E-state index in [1.807, 2.05) is 0 Å². The van der Waals surface area contributed by atoms with Crippen LogP contribution >= 0.6 is 12.4 Å².